The SMILES string of the molecule is CC(C)(C)NCC(Cc1ccc(Br)s1)c1ccccc1Cl. The van der Waals surface area contributed by atoms with Crippen molar-refractivity contribution in [1.29, 1.82) is 0 Å². The summed E-state index contributed by atoms with van der Waals surface area (Å²) in [6.45, 7) is 7.50. The average Bonchev–Trinajstić information content (AvgIpc) is 2.80. The fourth-order valence-corrected chi connectivity index (χ4v) is 4.09. The molecule has 1 nitrogen and oxygen atoms in total. The summed E-state index contributed by atoms with van der Waals surface area (Å²) in [6.07, 6.45) is 1.00. The van der Waals surface area contributed by atoms with Gasteiger partial charge in [-0.05, 0) is 66.9 Å². The third-order valence-corrected chi connectivity index (χ3v) is 5.29. The Bertz CT molecular complexity index is 588. The van der Waals surface area contributed by atoms with Gasteiger partial charge < -0.3 is 5.32 Å². The lowest BCUT2D eigenvalue weighted by atomic mass is 9.93. The van der Waals surface area contributed by atoms with E-state index in [0.717, 1.165) is 18.0 Å². The first-order valence-corrected chi connectivity index (χ1v) is 9.07. The Morgan fingerprint density at radius 2 is 1.90 bits per heavy atom. The summed E-state index contributed by atoms with van der Waals surface area (Å²) in [5, 5.41) is 4.46. The van der Waals surface area contributed by atoms with Crippen molar-refractivity contribution in [3.63, 3.8) is 0 Å². The number of benzene rings is 1. The van der Waals surface area contributed by atoms with Gasteiger partial charge in [-0.2, -0.15) is 0 Å². The maximum atomic E-state index is 6.41. The third kappa shape index (κ3) is 5.41. The Labute approximate surface area is 144 Å². The van der Waals surface area contributed by atoms with E-state index in [2.05, 4.69) is 66.3 Å². The van der Waals surface area contributed by atoms with Crippen LogP contribution in [0.2, 0.25) is 5.02 Å². The van der Waals surface area contributed by atoms with Crippen LogP contribution in [0.5, 0.6) is 0 Å². The van der Waals surface area contributed by atoms with Gasteiger partial charge in [-0.1, -0.05) is 29.8 Å². The van der Waals surface area contributed by atoms with Crippen LogP contribution in [0.4, 0.5) is 0 Å². The van der Waals surface area contributed by atoms with Gasteiger partial charge in [0, 0.05) is 27.9 Å². The van der Waals surface area contributed by atoms with Crippen molar-refractivity contribution < 1.29 is 0 Å². The van der Waals surface area contributed by atoms with Crippen molar-refractivity contribution in [2.24, 2.45) is 0 Å². The summed E-state index contributed by atoms with van der Waals surface area (Å²) >= 11 is 11.7. The first-order chi connectivity index (χ1) is 9.85. The Hall–Kier alpha value is -0.350. The highest BCUT2D eigenvalue weighted by Crippen LogP contribution is 2.31. The molecule has 21 heavy (non-hydrogen) atoms. The summed E-state index contributed by atoms with van der Waals surface area (Å²) < 4.78 is 1.18. The molecule has 4 heteroatoms. The van der Waals surface area contributed by atoms with Crippen molar-refractivity contribution in [2.75, 3.05) is 6.54 Å². The normalized spacial score (nSPS) is 13.4. The molecule has 0 bridgehead atoms. The van der Waals surface area contributed by atoms with Gasteiger partial charge in [0.1, 0.15) is 0 Å². The van der Waals surface area contributed by atoms with E-state index < -0.39 is 0 Å². The van der Waals surface area contributed by atoms with E-state index in [4.69, 9.17) is 11.6 Å². The predicted molar refractivity (Wildman–Crippen MR) is 97.7 cm³/mol. The molecule has 0 saturated heterocycles. The zero-order valence-corrected chi connectivity index (χ0v) is 15.8. The van der Waals surface area contributed by atoms with E-state index in [1.807, 2.05) is 12.1 Å². The molecule has 0 radical (unpaired) electrons. The van der Waals surface area contributed by atoms with Crippen LogP contribution in [0, 0.1) is 0 Å². The van der Waals surface area contributed by atoms with Crippen LogP contribution in [0.25, 0.3) is 0 Å². The van der Waals surface area contributed by atoms with Crippen molar-refractivity contribution in [3.05, 3.63) is 55.6 Å². The summed E-state index contributed by atoms with van der Waals surface area (Å²) in [5.74, 6) is 0.378. The van der Waals surface area contributed by atoms with Crippen LogP contribution < -0.4 is 5.32 Å². The zero-order valence-electron chi connectivity index (χ0n) is 12.6. The topological polar surface area (TPSA) is 12.0 Å². The molecular weight excluding hydrogens is 366 g/mol. The highest BCUT2D eigenvalue weighted by atomic mass is 79.9. The maximum Gasteiger partial charge on any atom is 0.0701 e. The molecule has 0 saturated carbocycles. The second-order valence-corrected chi connectivity index (χ2v) is 9.21. The van der Waals surface area contributed by atoms with E-state index in [9.17, 15) is 0 Å². The minimum absolute atomic E-state index is 0.107. The molecule has 1 aromatic carbocycles. The van der Waals surface area contributed by atoms with Gasteiger partial charge in [-0.3, -0.25) is 0 Å². The lowest BCUT2D eigenvalue weighted by Gasteiger charge is -2.26. The van der Waals surface area contributed by atoms with Crippen molar-refractivity contribution in [2.45, 2.75) is 38.6 Å². The molecule has 1 N–H and O–H groups in total. The van der Waals surface area contributed by atoms with E-state index in [0.29, 0.717) is 5.92 Å². The quantitative estimate of drug-likeness (QED) is 0.676. The summed E-state index contributed by atoms with van der Waals surface area (Å²) in [5.41, 5.74) is 1.33. The predicted octanol–water partition coefficient (Wildman–Crippen LogP) is 5.88. The summed E-state index contributed by atoms with van der Waals surface area (Å²) in [4.78, 5) is 1.38. The first kappa shape index (κ1) is 17.0. The molecule has 1 aromatic heterocycles. The lowest BCUT2D eigenvalue weighted by Crippen LogP contribution is -2.39. The molecule has 0 aliphatic heterocycles. The molecule has 0 fully saturated rings. The van der Waals surface area contributed by atoms with E-state index >= 15 is 0 Å². The molecule has 1 heterocycles. The van der Waals surface area contributed by atoms with Crippen LogP contribution >= 0.6 is 38.9 Å². The maximum absolute atomic E-state index is 6.41. The zero-order chi connectivity index (χ0) is 15.5. The Balaban J connectivity index is 2.19. The van der Waals surface area contributed by atoms with Gasteiger partial charge in [0.2, 0.25) is 0 Å². The van der Waals surface area contributed by atoms with E-state index in [1.54, 1.807) is 11.3 Å². The molecule has 0 aliphatic carbocycles. The third-order valence-electron chi connectivity index (χ3n) is 3.30. The standard InChI is InChI=1S/C17H21BrClNS/c1-17(2,3)20-11-12(10-13-8-9-16(18)21-13)14-6-4-5-7-15(14)19/h4-9,12,20H,10-11H2,1-3H3. The van der Waals surface area contributed by atoms with Crippen LogP contribution in [-0.2, 0) is 6.42 Å². The number of halogens is 2. The molecule has 0 spiro atoms. The first-order valence-electron chi connectivity index (χ1n) is 7.09. The second-order valence-electron chi connectivity index (χ2n) is 6.26. The molecule has 2 rings (SSSR count). The number of rotatable bonds is 5. The molecule has 1 unspecified atom stereocenters. The smallest absolute Gasteiger partial charge is 0.0701 e. The highest BCUT2D eigenvalue weighted by molar-refractivity contribution is 9.11. The van der Waals surface area contributed by atoms with Crippen LogP contribution in [0.1, 0.15) is 37.1 Å². The molecular formula is C17H21BrClNS. The fraction of sp³-hybridized carbons (Fsp3) is 0.412. The Morgan fingerprint density at radius 3 is 2.48 bits per heavy atom. The summed E-state index contributed by atoms with van der Waals surface area (Å²) in [6, 6.07) is 12.5. The molecule has 1 atom stereocenters. The number of hydrogen-bond acceptors (Lipinski definition) is 2. The Morgan fingerprint density at radius 1 is 1.19 bits per heavy atom. The van der Waals surface area contributed by atoms with Gasteiger partial charge in [-0.25, -0.2) is 0 Å². The second kappa shape index (κ2) is 7.28. The molecule has 0 amide bonds. The average molecular weight is 387 g/mol. The number of thiophene rings is 1. The largest absolute Gasteiger partial charge is 0.311 e. The van der Waals surface area contributed by atoms with Crippen molar-refractivity contribution >= 4 is 38.9 Å². The number of nitrogens with one attached hydrogen (secondary N) is 1. The van der Waals surface area contributed by atoms with Crippen LogP contribution in [-0.4, -0.2) is 12.1 Å². The van der Waals surface area contributed by atoms with E-state index in [-0.39, 0.29) is 5.54 Å². The van der Waals surface area contributed by atoms with Gasteiger partial charge in [-0.15, -0.1) is 11.3 Å². The minimum Gasteiger partial charge on any atom is -0.311 e. The van der Waals surface area contributed by atoms with Gasteiger partial charge in [0.15, 0.2) is 0 Å². The highest BCUT2D eigenvalue weighted by Gasteiger charge is 2.19. The molecule has 0 aliphatic rings. The Kier molecular flexibility index (Phi) is 5.89. The van der Waals surface area contributed by atoms with Crippen molar-refractivity contribution in [3.8, 4) is 0 Å². The van der Waals surface area contributed by atoms with Gasteiger partial charge in [0.05, 0.1) is 3.79 Å². The van der Waals surface area contributed by atoms with Crippen LogP contribution in [0.3, 0.4) is 0 Å². The molecule has 2 aromatic rings. The van der Waals surface area contributed by atoms with Crippen LogP contribution in [0.15, 0.2) is 40.2 Å². The van der Waals surface area contributed by atoms with Gasteiger partial charge in [0.25, 0.3) is 0 Å². The monoisotopic (exact) mass is 385 g/mol. The molecule has 114 valence electrons. The van der Waals surface area contributed by atoms with Gasteiger partial charge >= 0.3 is 0 Å². The van der Waals surface area contributed by atoms with E-state index in [1.165, 1.54) is 14.2 Å². The van der Waals surface area contributed by atoms with Crippen molar-refractivity contribution in [1.82, 2.24) is 5.32 Å². The lowest BCUT2D eigenvalue weighted by molar-refractivity contribution is 0.405. The minimum atomic E-state index is 0.107. The summed E-state index contributed by atoms with van der Waals surface area (Å²) in [7, 11) is 0. The number of hydrogen-bond donors (Lipinski definition) is 1. The fourth-order valence-electron chi connectivity index (χ4n) is 2.23.